The van der Waals surface area contributed by atoms with Gasteiger partial charge in [0.2, 0.25) is 0 Å². The Kier molecular flexibility index (Phi) is 5.19. The van der Waals surface area contributed by atoms with Crippen LogP contribution in [0.25, 0.3) is 6.08 Å². The van der Waals surface area contributed by atoms with Crippen molar-refractivity contribution in [3.8, 4) is 6.07 Å². The number of methoxy groups -OCH3 is 1. The van der Waals surface area contributed by atoms with Crippen molar-refractivity contribution >= 4 is 23.8 Å². The first kappa shape index (κ1) is 14.9. The molecule has 21 heavy (non-hydrogen) atoms. The maximum absolute atomic E-state index is 11.7. The van der Waals surface area contributed by atoms with Gasteiger partial charge in [-0.15, -0.1) is 0 Å². The summed E-state index contributed by atoms with van der Waals surface area (Å²) in [5.41, 5.74) is 2.11. The highest BCUT2D eigenvalue weighted by atomic mass is 32.2. The normalized spacial score (nSPS) is 10.3. The standard InChI is InChI=1S/C17H13NO2S/c1-20-17(19)15-7-2-3-8-16(15)21-10-9-13-5-4-6-14(11-13)12-18/h2-11H,1H3/b10-9+. The number of rotatable bonds is 4. The molecule has 0 spiro atoms. The summed E-state index contributed by atoms with van der Waals surface area (Å²) >= 11 is 1.43. The first-order chi connectivity index (χ1) is 10.2. The Morgan fingerprint density at radius 2 is 2.05 bits per heavy atom. The van der Waals surface area contributed by atoms with Gasteiger partial charge in [-0.05, 0) is 41.3 Å². The number of hydrogen-bond donors (Lipinski definition) is 0. The average Bonchev–Trinajstić information content (AvgIpc) is 2.55. The number of benzene rings is 2. The SMILES string of the molecule is COC(=O)c1ccccc1S/C=C/c1cccc(C#N)c1. The Morgan fingerprint density at radius 3 is 2.81 bits per heavy atom. The zero-order valence-electron chi connectivity index (χ0n) is 11.4. The summed E-state index contributed by atoms with van der Waals surface area (Å²) < 4.78 is 4.76. The van der Waals surface area contributed by atoms with Crippen LogP contribution < -0.4 is 0 Å². The van der Waals surface area contributed by atoms with Gasteiger partial charge in [0.25, 0.3) is 0 Å². The van der Waals surface area contributed by atoms with Crippen molar-refractivity contribution in [2.75, 3.05) is 7.11 Å². The predicted octanol–water partition coefficient (Wildman–Crippen LogP) is 4.11. The summed E-state index contributed by atoms with van der Waals surface area (Å²) in [7, 11) is 1.37. The molecule has 0 unspecified atom stereocenters. The molecule has 2 rings (SSSR count). The molecule has 0 aromatic heterocycles. The van der Waals surface area contributed by atoms with E-state index in [1.165, 1.54) is 18.9 Å². The minimum atomic E-state index is -0.349. The molecule has 0 saturated heterocycles. The fourth-order valence-electron chi connectivity index (χ4n) is 1.75. The molecule has 0 fully saturated rings. The fraction of sp³-hybridized carbons (Fsp3) is 0.0588. The summed E-state index contributed by atoms with van der Waals surface area (Å²) in [6.45, 7) is 0. The van der Waals surface area contributed by atoms with Gasteiger partial charge in [0, 0.05) is 4.90 Å². The lowest BCUT2D eigenvalue weighted by molar-refractivity contribution is 0.0597. The lowest BCUT2D eigenvalue weighted by Crippen LogP contribution is -2.02. The number of ether oxygens (including phenoxy) is 1. The van der Waals surface area contributed by atoms with E-state index in [1.54, 1.807) is 18.2 Å². The first-order valence-corrected chi connectivity index (χ1v) is 7.13. The van der Waals surface area contributed by atoms with Gasteiger partial charge in [0.15, 0.2) is 0 Å². The molecule has 2 aromatic rings. The molecule has 0 amide bonds. The third kappa shape index (κ3) is 3.98. The molecular weight excluding hydrogens is 282 g/mol. The quantitative estimate of drug-likeness (QED) is 0.629. The molecule has 0 bridgehead atoms. The van der Waals surface area contributed by atoms with Gasteiger partial charge in [-0.25, -0.2) is 4.79 Å². The van der Waals surface area contributed by atoms with Gasteiger partial charge in [-0.1, -0.05) is 36.0 Å². The van der Waals surface area contributed by atoms with Crippen LogP contribution in [-0.4, -0.2) is 13.1 Å². The average molecular weight is 295 g/mol. The Labute approximate surface area is 127 Å². The van der Waals surface area contributed by atoms with Crippen molar-refractivity contribution < 1.29 is 9.53 Å². The van der Waals surface area contributed by atoms with Crippen molar-refractivity contribution in [2.24, 2.45) is 0 Å². The highest BCUT2D eigenvalue weighted by molar-refractivity contribution is 8.02. The van der Waals surface area contributed by atoms with Crippen LogP contribution in [0, 0.1) is 11.3 Å². The molecule has 0 N–H and O–H groups in total. The predicted molar refractivity (Wildman–Crippen MR) is 83.8 cm³/mol. The van der Waals surface area contributed by atoms with E-state index in [9.17, 15) is 4.79 Å². The summed E-state index contributed by atoms with van der Waals surface area (Å²) in [6.07, 6.45) is 1.90. The molecule has 0 atom stereocenters. The third-order valence-corrected chi connectivity index (χ3v) is 3.65. The van der Waals surface area contributed by atoms with Gasteiger partial charge in [0.1, 0.15) is 0 Å². The van der Waals surface area contributed by atoms with E-state index >= 15 is 0 Å². The van der Waals surface area contributed by atoms with Crippen LogP contribution in [0.5, 0.6) is 0 Å². The number of hydrogen-bond acceptors (Lipinski definition) is 4. The van der Waals surface area contributed by atoms with E-state index in [4.69, 9.17) is 10.00 Å². The highest BCUT2D eigenvalue weighted by Crippen LogP contribution is 2.25. The second kappa shape index (κ2) is 7.32. The zero-order valence-corrected chi connectivity index (χ0v) is 12.3. The molecule has 2 aromatic carbocycles. The Hall–Kier alpha value is -2.51. The van der Waals surface area contributed by atoms with Gasteiger partial charge in [-0.3, -0.25) is 0 Å². The largest absolute Gasteiger partial charge is 0.465 e. The summed E-state index contributed by atoms with van der Waals surface area (Å²) in [4.78, 5) is 12.5. The molecular formula is C17H13NO2S. The summed E-state index contributed by atoms with van der Waals surface area (Å²) in [5, 5.41) is 10.7. The van der Waals surface area contributed by atoms with E-state index in [0.29, 0.717) is 11.1 Å². The monoisotopic (exact) mass is 295 g/mol. The van der Waals surface area contributed by atoms with Crippen molar-refractivity contribution in [3.63, 3.8) is 0 Å². The Balaban J connectivity index is 2.14. The molecule has 0 aliphatic heterocycles. The molecule has 3 nitrogen and oxygen atoms in total. The topological polar surface area (TPSA) is 50.1 Å². The van der Waals surface area contributed by atoms with E-state index in [1.807, 2.05) is 41.8 Å². The number of nitrogens with zero attached hydrogens (tertiary/aromatic N) is 1. The number of thioether (sulfide) groups is 1. The summed E-state index contributed by atoms with van der Waals surface area (Å²) in [5.74, 6) is -0.349. The van der Waals surface area contributed by atoms with Crippen molar-refractivity contribution in [1.82, 2.24) is 0 Å². The van der Waals surface area contributed by atoms with E-state index < -0.39 is 0 Å². The maximum atomic E-state index is 11.7. The van der Waals surface area contributed by atoms with Gasteiger partial charge >= 0.3 is 5.97 Å². The van der Waals surface area contributed by atoms with Crippen LogP contribution in [0.1, 0.15) is 21.5 Å². The Morgan fingerprint density at radius 1 is 1.24 bits per heavy atom. The molecule has 104 valence electrons. The smallest absolute Gasteiger partial charge is 0.339 e. The van der Waals surface area contributed by atoms with E-state index in [0.717, 1.165) is 10.5 Å². The number of carbonyl (C=O) groups excluding carboxylic acids is 1. The van der Waals surface area contributed by atoms with Gasteiger partial charge < -0.3 is 4.74 Å². The summed E-state index contributed by atoms with van der Waals surface area (Å²) in [6, 6.07) is 16.7. The van der Waals surface area contributed by atoms with Crippen molar-refractivity contribution in [2.45, 2.75) is 4.90 Å². The van der Waals surface area contributed by atoms with Crippen molar-refractivity contribution in [3.05, 3.63) is 70.6 Å². The van der Waals surface area contributed by atoms with Gasteiger partial charge in [0.05, 0.1) is 24.3 Å². The van der Waals surface area contributed by atoms with Crippen LogP contribution in [0.3, 0.4) is 0 Å². The fourth-order valence-corrected chi connectivity index (χ4v) is 2.55. The molecule has 0 heterocycles. The van der Waals surface area contributed by atoms with Crippen LogP contribution in [0.4, 0.5) is 0 Å². The number of nitriles is 1. The number of carbonyl (C=O) groups is 1. The molecule has 0 saturated carbocycles. The molecule has 0 radical (unpaired) electrons. The van der Waals surface area contributed by atoms with Crippen molar-refractivity contribution in [1.29, 1.82) is 5.26 Å². The van der Waals surface area contributed by atoms with Crippen LogP contribution in [0.2, 0.25) is 0 Å². The maximum Gasteiger partial charge on any atom is 0.339 e. The van der Waals surface area contributed by atoms with E-state index in [-0.39, 0.29) is 5.97 Å². The van der Waals surface area contributed by atoms with Crippen LogP contribution in [0.15, 0.2) is 58.8 Å². The van der Waals surface area contributed by atoms with E-state index in [2.05, 4.69) is 6.07 Å². The highest BCUT2D eigenvalue weighted by Gasteiger charge is 2.09. The number of esters is 1. The minimum Gasteiger partial charge on any atom is -0.465 e. The lowest BCUT2D eigenvalue weighted by Gasteiger charge is -2.04. The first-order valence-electron chi connectivity index (χ1n) is 6.25. The second-order valence-corrected chi connectivity index (χ2v) is 5.09. The molecule has 4 heteroatoms. The lowest BCUT2D eigenvalue weighted by atomic mass is 10.1. The molecule has 0 aliphatic carbocycles. The second-order valence-electron chi connectivity index (χ2n) is 4.15. The molecule has 0 aliphatic rings. The van der Waals surface area contributed by atoms with Gasteiger partial charge in [-0.2, -0.15) is 5.26 Å². The third-order valence-electron chi connectivity index (χ3n) is 2.76. The zero-order chi connectivity index (χ0) is 15.1. The van der Waals surface area contributed by atoms with Crippen LogP contribution >= 0.6 is 11.8 Å². The van der Waals surface area contributed by atoms with Crippen LogP contribution in [-0.2, 0) is 4.74 Å². The minimum absolute atomic E-state index is 0.349. The Bertz CT molecular complexity index is 717.